The molecule has 1 unspecified atom stereocenters. The predicted octanol–water partition coefficient (Wildman–Crippen LogP) is 1.65. The standard InChI is InChI=1S/C14H20N2O2/c1-14(18)6-3-8-16(9-7-14)13(17)11-4-2-5-12(15)10-11/h2,4-5,10,18H,3,6-9,15H2,1H3. The van der Waals surface area contributed by atoms with Crippen LogP contribution >= 0.6 is 0 Å². The molecule has 1 saturated heterocycles. The van der Waals surface area contributed by atoms with Crippen molar-refractivity contribution < 1.29 is 9.90 Å². The molecule has 1 aromatic carbocycles. The molecular weight excluding hydrogens is 228 g/mol. The molecule has 1 aliphatic rings. The van der Waals surface area contributed by atoms with Gasteiger partial charge in [0.15, 0.2) is 0 Å². The summed E-state index contributed by atoms with van der Waals surface area (Å²) >= 11 is 0. The molecule has 0 spiro atoms. The van der Waals surface area contributed by atoms with Gasteiger partial charge in [0.05, 0.1) is 5.60 Å². The Morgan fingerprint density at radius 3 is 2.89 bits per heavy atom. The minimum absolute atomic E-state index is 0.000000000000000444. The van der Waals surface area contributed by atoms with Gasteiger partial charge in [-0.25, -0.2) is 0 Å². The van der Waals surface area contributed by atoms with Gasteiger partial charge >= 0.3 is 0 Å². The summed E-state index contributed by atoms with van der Waals surface area (Å²) in [7, 11) is 0. The lowest BCUT2D eigenvalue weighted by Crippen LogP contribution is -2.33. The third-order valence-corrected chi connectivity index (χ3v) is 3.48. The molecule has 0 saturated carbocycles. The monoisotopic (exact) mass is 248 g/mol. The Morgan fingerprint density at radius 2 is 2.17 bits per heavy atom. The summed E-state index contributed by atoms with van der Waals surface area (Å²) in [5.74, 6) is 0.000000000000000444. The van der Waals surface area contributed by atoms with Crippen LogP contribution in [0, 0.1) is 0 Å². The quantitative estimate of drug-likeness (QED) is 0.743. The van der Waals surface area contributed by atoms with E-state index in [0.717, 1.165) is 12.8 Å². The average molecular weight is 248 g/mol. The fourth-order valence-corrected chi connectivity index (χ4v) is 2.32. The molecule has 1 fully saturated rings. The van der Waals surface area contributed by atoms with E-state index in [0.29, 0.717) is 30.8 Å². The number of nitrogens with zero attached hydrogens (tertiary/aromatic N) is 1. The van der Waals surface area contributed by atoms with Crippen LogP contribution in [0.3, 0.4) is 0 Å². The number of likely N-dealkylation sites (tertiary alicyclic amines) is 1. The highest BCUT2D eigenvalue weighted by molar-refractivity contribution is 5.95. The van der Waals surface area contributed by atoms with Gasteiger partial charge in [-0.1, -0.05) is 6.07 Å². The highest BCUT2D eigenvalue weighted by Gasteiger charge is 2.27. The van der Waals surface area contributed by atoms with E-state index >= 15 is 0 Å². The van der Waals surface area contributed by atoms with E-state index in [4.69, 9.17) is 5.73 Å². The molecule has 0 aromatic heterocycles. The first-order valence-electron chi connectivity index (χ1n) is 6.35. The van der Waals surface area contributed by atoms with E-state index in [9.17, 15) is 9.90 Å². The minimum atomic E-state index is -0.648. The number of carbonyl (C=O) groups is 1. The molecule has 1 aliphatic heterocycles. The van der Waals surface area contributed by atoms with Gasteiger partial charge in [-0.3, -0.25) is 4.79 Å². The first-order valence-corrected chi connectivity index (χ1v) is 6.35. The predicted molar refractivity (Wildman–Crippen MR) is 71.2 cm³/mol. The Kier molecular flexibility index (Phi) is 3.57. The first-order chi connectivity index (χ1) is 8.48. The van der Waals surface area contributed by atoms with Crippen molar-refractivity contribution in [2.45, 2.75) is 31.8 Å². The molecule has 1 aromatic rings. The number of hydrogen-bond donors (Lipinski definition) is 2. The average Bonchev–Trinajstić information content (AvgIpc) is 2.49. The molecule has 1 amide bonds. The zero-order valence-corrected chi connectivity index (χ0v) is 10.7. The van der Waals surface area contributed by atoms with Crippen LogP contribution < -0.4 is 5.73 Å². The molecular formula is C14H20N2O2. The number of nitrogen functional groups attached to an aromatic ring is 1. The zero-order valence-electron chi connectivity index (χ0n) is 10.7. The van der Waals surface area contributed by atoms with Crippen molar-refractivity contribution in [1.82, 2.24) is 4.90 Å². The van der Waals surface area contributed by atoms with E-state index in [1.165, 1.54) is 0 Å². The second-order valence-corrected chi connectivity index (χ2v) is 5.27. The van der Waals surface area contributed by atoms with Gasteiger partial charge in [-0.2, -0.15) is 0 Å². The van der Waals surface area contributed by atoms with Gasteiger partial charge in [0.2, 0.25) is 0 Å². The van der Waals surface area contributed by atoms with E-state index in [1.807, 2.05) is 6.92 Å². The van der Waals surface area contributed by atoms with Gasteiger partial charge in [0.1, 0.15) is 0 Å². The Balaban J connectivity index is 2.10. The number of carbonyl (C=O) groups excluding carboxylic acids is 1. The van der Waals surface area contributed by atoms with Gasteiger partial charge < -0.3 is 15.7 Å². The van der Waals surface area contributed by atoms with Crippen molar-refractivity contribution >= 4 is 11.6 Å². The van der Waals surface area contributed by atoms with Crippen molar-refractivity contribution in [2.24, 2.45) is 0 Å². The SMILES string of the molecule is CC1(O)CCCN(C(=O)c2cccc(N)c2)CC1. The summed E-state index contributed by atoms with van der Waals surface area (Å²) in [4.78, 5) is 14.1. The summed E-state index contributed by atoms with van der Waals surface area (Å²) in [6, 6.07) is 7.04. The lowest BCUT2D eigenvalue weighted by molar-refractivity contribution is 0.0438. The lowest BCUT2D eigenvalue weighted by atomic mass is 9.98. The van der Waals surface area contributed by atoms with E-state index in [-0.39, 0.29) is 5.91 Å². The molecule has 0 radical (unpaired) electrons. The summed E-state index contributed by atoms with van der Waals surface area (Å²) in [6.45, 7) is 3.13. The third kappa shape index (κ3) is 3.01. The van der Waals surface area contributed by atoms with E-state index in [1.54, 1.807) is 29.2 Å². The minimum Gasteiger partial charge on any atom is -0.399 e. The molecule has 18 heavy (non-hydrogen) atoms. The van der Waals surface area contributed by atoms with Crippen LogP contribution in [0.4, 0.5) is 5.69 Å². The number of nitrogens with two attached hydrogens (primary N) is 1. The second-order valence-electron chi connectivity index (χ2n) is 5.27. The van der Waals surface area contributed by atoms with E-state index < -0.39 is 5.60 Å². The molecule has 3 N–H and O–H groups in total. The molecule has 98 valence electrons. The number of aliphatic hydroxyl groups is 1. The van der Waals surface area contributed by atoms with Crippen LogP contribution in [-0.4, -0.2) is 34.6 Å². The molecule has 1 heterocycles. The van der Waals surface area contributed by atoms with Crippen molar-refractivity contribution in [3.8, 4) is 0 Å². The van der Waals surface area contributed by atoms with Crippen molar-refractivity contribution in [3.05, 3.63) is 29.8 Å². The van der Waals surface area contributed by atoms with Crippen molar-refractivity contribution in [1.29, 1.82) is 0 Å². The van der Waals surface area contributed by atoms with Crippen molar-refractivity contribution in [3.63, 3.8) is 0 Å². The van der Waals surface area contributed by atoms with Crippen LogP contribution in [0.5, 0.6) is 0 Å². The normalized spacial score (nSPS) is 24.7. The largest absolute Gasteiger partial charge is 0.399 e. The number of rotatable bonds is 1. The highest BCUT2D eigenvalue weighted by atomic mass is 16.3. The number of benzene rings is 1. The molecule has 1 atom stereocenters. The summed E-state index contributed by atoms with van der Waals surface area (Å²) in [5, 5.41) is 10.0. The van der Waals surface area contributed by atoms with Crippen LogP contribution in [0.25, 0.3) is 0 Å². The highest BCUT2D eigenvalue weighted by Crippen LogP contribution is 2.22. The summed E-state index contributed by atoms with van der Waals surface area (Å²) < 4.78 is 0. The number of hydrogen-bond acceptors (Lipinski definition) is 3. The Bertz CT molecular complexity index is 443. The zero-order chi connectivity index (χ0) is 13.2. The topological polar surface area (TPSA) is 66.6 Å². The summed E-state index contributed by atoms with van der Waals surface area (Å²) in [6.07, 6.45) is 2.20. The molecule has 0 bridgehead atoms. The molecule has 4 heteroatoms. The van der Waals surface area contributed by atoms with Gasteiger partial charge in [0, 0.05) is 24.3 Å². The van der Waals surface area contributed by atoms with E-state index in [2.05, 4.69) is 0 Å². The Hall–Kier alpha value is -1.55. The van der Waals surface area contributed by atoms with Gasteiger partial charge in [-0.05, 0) is 44.4 Å². The fraction of sp³-hybridized carbons (Fsp3) is 0.500. The number of anilines is 1. The molecule has 2 rings (SSSR count). The molecule has 0 aliphatic carbocycles. The Morgan fingerprint density at radius 1 is 1.39 bits per heavy atom. The van der Waals surface area contributed by atoms with Gasteiger partial charge in [0.25, 0.3) is 5.91 Å². The van der Waals surface area contributed by atoms with Crippen LogP contribution in [0.1, 0.15) is 36.5 Å². The van der Waals surface area contributed by atoms with Gasteiger partial charge in [-0.15, -0.1) is 0 Å². The maximum absolute atomic E-state index is 12.3. The smallest absolute Gasteiger partial charge is 0.253 e. The van der Waals surface area contributed by atoms with Crippen LogP contribution in [0.2, 0.25) is 0 Å². The maximum atomic E-state index is 12.3. The second kappa shape index (κ2) is 4.98. The first kappa shape index (κ1) is 12.9. The fourth-order valence-electron chi connectivity index (χ4n) is 2.32. The summed E-state index contributed by atoms with van der Waals surface area (Å²) in [5.41, 5.74) is 6.26. The maximum Gasteiger partial charge on any atom is 0.253 e. The lowest BCUT2D eigenvalue weighted by Gasteiger charge is -2.22. The van der Waals surface area contributed by atoms with Crippen LogP contribution in [0.15, 0.2) is 24.3 Å². The van der Waals surface area contributed by atoms with Crippen molar-refractivity contribution in [2.75, 3.05) is 18.8 Å². The third-order valence-electron chi connectivity index (χ3n) is 3.48. The van der Waals surface area contributed by atoms with Crippen LogP contribution in [-0.2, 0) is 0 Å². The Labute approximate surface area is 107 Å². The number of amides is 1. The molecule has 4 nitrogen and oxygen atoms in total.